The lowest BCUT2D eigenvalue weighted by molar-refractivity contribution is -0.187. The molecule has 0 amide bonds. The van der Waals surface area contributed by atoms with E-state index in [-0.39, 0.29) is 13.0 Å². The SMILES string of the molecule is NC(=S)c1cccc(CN2CCCC(C(F)(F)F)C2)c1. The van der Waals surface area contributed by atoms with Gasteiger partial charge >= 0.3 is 6.18 Å². The molecule has 20 heavy (non-hydrogen) atoms. The van der Waals surface area contributed by atoms with Crippen molar-refractivity contribution in [3.8, 4) is 0 Å². The molecule has 1 heterocycles. The Morgan fingerprint density at radius 3 is 2.80 bits per heavy atom. The average molecular weight is 302 g/mol. The van der Waals surface area contributed by atoms with E-state index in [1.807, 2.05) is 23.1 Å². The molecule has 0 aliphatic carbocycles. The number of piperidine rings is 1. The number of hydrogen-bond donors (Lipinski definition) is 1. The van der Waals surface area contributed by atoms with Crippen LogP contribution >= 0.6 is 12.2 Å². The van der Waals surface area contributed by atoms with Crippen LogP contribution in [0, 0.1) is 5.92 Å². The van der Waals surface area contributed by atoms with Crippen LogP contribution in [-0.2, 0) is 6.54 Å². The molecule has 1 fully saturated rings. The minimum atomic E-state index is -4.10. The fourth-order valence-corrected chi connectivity index (χ4v) is 2.67. The molecule has 0 saturated carbocycles. The predicted molar refractivity (Wildman–Crippen MR) is 76.4 cm³/mol. The van der Waals surface area contributed by atoms with Gasteiger partial charge in [0.05, 0.1) is 5.92 Å². The van der Waals surface area contributed by atoms with Crippen LogP contribution in [0.5, 0.6) is 0 Å². The van der Waals surface area contributed by atoms with Crippen molar-refractivity contribution in [1.29, 1.82) is 0 Å². The van der Waals surface area contributed by atoms with Crippen LogP contribution in [0.15, 0.2) is 24.3 Å². The Bertz CT molecular complexity index is 488. The maximum Gasteiger partial charge on any atom is 0.393 e. The van der Waals surface area contributed by atoms with Crippen molar-refractivity contribution in [2.45, 2.75) is 25.6 Å². The number of alkyl halides is 3. The number of nitrogens with zero attached hydrogens (tertiary/aromatic N) is 1. The summed E-state index contributed by atoms with van der Waals surface area (Å²) in [6.07, 6.45) is -3.29. The summed E-state index contributed by atoms with van der Waals surface area (Å²) in [7, 11) is 0. The zero-order chi connectivity index (χ0) is 14.8. The van der Waals surface area contributed by atoms with Gasteiger partial charge in [-0.25, -0.2) is 0 Å². The Labute approximate surface area is 121 Å². The van der Waals surface area contributed by atoms with Crippen LogP contribution in [0.25, 0.3) is 0 Å². The summed E-state index contributed by atoms with van der Waals surface area (Å²) in [6, 6.07) is 7.37. The summed E-state index contributed by atoms with van der Waals surface area (Å²) in [5.74, 6) is -1.21. The Hall–Kier alpha value is -1.14. The minimum Gasteiger partial charge on any atom is -0.389 e. The number of rotatable bonds is 3. The van der Waals surface area contributed by atoms with Crippen molar-refractivity contribution in [3.63, 3.8) is 0 Å². The molecule has 110 valence electrons. The molecule has 0 radical (unpaired) electrons. The molecule has 1 unspecified atom stereocenters. The molecule has 1 saturated heterocycles. The third kappa shape index (κ3) is 3.93. The van der Waals surface area contributed by atoms with Gasteiger partial charge in [0.15, 0.2) is 0 Å². The molecule has 1 atom stereocenters. The summed E-state index contributed by atoms with van der Waals surface area (Å²) in [6.45, 7) is 1.27. The average Bonchev–Trinajstić information content (AvgIpc) is 2.38. The van der Waals surface area contributed by atoms with Gasteiger partial charge in [-0.3, -0.25) is 4.90 Å². The highest BCUT2D eigenvalue weighted by Crippen LogP contribution is 2.33. The van der Waals surface area contributed by atoms with Gasteiger partial charge in [0.25, 0.3) is 0 Å². The Balaban J connectivity index is 2.03. The first-order valence-electron chi connectivity index (χ1n) is 6.54. The minimum absolute atomic E-state index is 0.0702. The van der Waals surface area contributed by atoms with Crippen LogP contribution in [0.4, 0.5) is 13.2 Å². The molecular formula is C14H17F3N2S. The predicted octanol–water partition coefficient (Wildman–Crippen LogP) is 3.10. The van der Waals surface area contributed by atoms with Gasteiger partial charge in [-0.15, -0.1) is 0 Å². The maximum absolute atomic E-state index is 12.8. The summed E-state index contributed by atoms with van der Waals surface area (Å²) < 4.78 is 38.3. The normalized spacial score (nSPS) is 20.9. The highest BCUT2D eigenvalue weighted by atomic mass is 32.1. The van der Waals surface area contributed by atoms with E-state index < -0.39 is 12.1 Å². The van der Waals surface area contributed by atoms with E-state index in [9.17, 15) is 13.2 Å². The molecule has 2 rings (SSSR count). The molecule has 1 aliphatic heterocycles. The Morgan fingerprint density at radius 2 is 2.15 bits per heavy atom. The maximum atomic E-state index is 12.8. The van der Waals surface area contributed by atoms with Gasteiger partial charge < -0.3 is 5.73 Å². The van der Waals surface area contributed by atoms with Gasteiger partial charge in [-0.05, 0) is 31.0 Å². The van der Waals surface area contributed by atoms with Gasteiger partial charge in [0.2, 0.25) is 0 Å². The van der Waals surface area contributed by atoms with Crippen LogP contribution < -0.4 is 5.73 Å². The third-order valence-electron chi connectivity index (χ3n) is 3.59. The number of likely N-dealkylation sites (tertiary alicyclic amines) is 1. The third-order valence-corrected chi connectivity index (χ3v) is 3.82. The molecule has 1 aliphatic rings. The van der Waals surface area contributed by atoms with Crippen LogP contribution in [0.3, 0.4) is 0 Å². The van der Waals surface area contributed by atoms with Crippen LogP contribution in [0.2, 0.25) is 0 Å². The summed E-state index contributed by atoms with van der Waals surface area (Å²) in [4.78, 5) is 2.15. The van der Waals surface area contributed by atoms with Crippen molar-refractivity contribution in [3.05, 3.63) is 35.4 Å². The van der Waals surface area contributed by atoms with Crippen molar-refractivity contribution >= 4 is 17.2 Å². The lowest BCUT2D eigenvalue weighted by atomic mass is 9.97. The van der Waals surface area contributed by atoms with Gasteiger partial charge in [-0.1, -0.05) is 30.4 Å². The lowest BCUT2D eigenvalue weighted by Gasteiger charge is -2.33. The van der Waals surface area contributed by atoms with E-state index in [0.717, 1.165) is 11.1 Å². The second-order valence-corrected chi connectivity index (χ2v) is 5.62. The number of halogens is 3. The summed E-state index contributed by atoms with van der Waals surface area (Å²) >= 11 is 4.91. The number of thiocarbonyl (C=S) groups is 1. The fourth-order valence-electron chi connectivity index (χ4n) is 2.55. The Kier molecular flexibility index (Phi) is 4.65. The molecule has 2 nitrogen and oxygen atoms in total. The van der Waals surface area contributed by atoms with Crippen molar-refractivity contribution < 1.29 is 13.2 Å². The lowest BCUT2D eigenvalue weighted by Crippen LogP contribution is -2.41. The van der Waals surface area contributed by atoms with Gasteiger partial charge in [0, 0.05) is 18.7 Å². The first kappa shape index (κ1) is 15.3. The monoisotopic (exact) mass is 302 g/mol. The van der Waals surface area contributed by atoms with Crippen LogP contribution in [0.1, 0.15) is 24.0 Å². The summed E-state index contributed by atoms with van der Waals surface area (Å²) in [5, 5.41) is 0. The molecular weight excluding hydrogens is 285 g/mol. The number of hydrogen-bond acceptors (Lipinski definition) is 2. The van der Waals surface area contributed by atoms with Crippen LogP contribution in [-0.4, -0.2) is 29.2 Å². The number of nitrogens with two attached hydrogens (primary N) is 1. The topological polar surface area (TPSA) is 29.3 Å². The molecule has 0 bridgehead atoms. The summed E-state index contributed by atoms with van der Waals surface area (Å²) in [5.41, 5.74) is 7.26. The van der Waals surface area contributed by atoms with E-state index in [4.69, 9.17) is 18.0 Å². The van der Waals surface area contributed by atoms with E-state index in [1.54, 1.807) is 6.07 Å². The molecule has 0 aromatic heterocycles. The molecule has 1 aromatic rings. The van der Waals surface area contributed by atoms with E-state index in [1.165, 1.54) is 0 Å². The van der Waals surface area contributed by atoms with E-state index in [2.05, 4.69) is 0 Å². The second kappa shape index (κ2) is 6.10. The standard InChI is InChI=1S/C14H17F3N2S/c15-14(16,17)12-5-2-6-19(9-12)8-10-3-1-4-11(7-10)13(18)20/h1,3-4,7,12H,2,5-6,8-9H2,(H2,18,20). The molecule has 1 aromatic carbocycles. The highest BCUT2D eigenvalue weighted by Gasteiger charge is 2.41. The van der Waals surface area contributed by atoms with Gasteiger partial charge in [0.1, 0.15) is 4.99 Å². The second-order valence-electron chi connectivity index (χ2n) is 5.18. The Morgan fingerprint density at radius 1 is 1.40 bits per heavy atom. The zero-order valence-electron chi connectivity index (χ0n) is 11.0. The largest absolute Gasteiger partial charge is 0.393 e. The van der Waals surface area contributed by atoms with Crippen molar-refractivity contribution in [2.24, 2.45) is 11.7 Å². The highest BCUT2D eigenvalue weighted by molar-refractivity contribution is 7.80. The van der Waals surface area contributed by atoms with E-state index in [0.29, 0.717) is 24.5 Å². The quantitative estimate of drug-likeness (QED) is 0.870. The molecule has 2 N–H and O–H groups in total. The van der Waals surface area contributed by atoms with Gasteiger partial charge in [-0.2, -0.15) is 13.2 Å². The van der Waals surface area contributed by atoms with Crippen molar-refractivity contribution in [2.75, 3.05) is 13.1 Å². The van der Waals surface area contributed by atoms with Crippen molar-refractivity contribution in [1.82, 2.24) is 4.90 Å². The first-order valence-corrected chi connectivity index (χ1v) is 6.95. The fraction of sp³-hybridized carbons (Fsp3) is 0.500. The molecule has 0 spiro atoms. The van der Waals surface area contributed by atoms with E-state index >= 15 is 0 Å². The number of benzene rings is 1. The molecule has 6 heteroatoms. The first-order chi connectivity index (χ1) is 9.36. The smallest absolute Gasteiger partial charge is 0.389 e. The zero-order valence-corrected chi connectivity index (χ0v) is 11.8.